The Morgan fingerprint density at radius 2 is 2.26 bits per heavy atom. The van der Waals surface area contributed by atoms with Crippen LogP contribution in [0, 0.1) is 0 Å². The molecule has 2 fully saturated rings. The second-order valence-corrected chi connectivity index (χ2v) is 8.13. The monoisotopic (exact) mass is 347 g/mol. The van der Waals surface area contributed by atoms with Crippen molar-refractivity contribution in [2.24, 2.45) is 0 Å². The molecule has 1 saturated carbocycles. The zero-order chi connectivity index (χ0) is 15.4. The van der Waals surface area contributed by atoms with Gasteiger partial charge in [-0.15, -0.1) is 22.7 Å². The minimum Gasteiger partial charge on any atom is -0.374 e. The second-order valence-electron chi connectivity index (χ2n) is 6.23. The van der Waals surface area contributed by atoms with Crippen molar-refractivity contribution >= 4 is 43.9 Å². The van der Waals surface area contributed by atoms with Crippen molar-refractivity contribution in [3.8, 4) is 0 Å². The van der Waals surface area contributed by atoms with Crippen molar-refractivity contribution in [2.75, 3.05) is 13.2 Å². The van der Waals surface area contributed by atoms with Gasteiger partial charge in [-0.25, -0.2) is 4.98 Å². The Labute approximate surface area is 141 Å². The molecular formula is C16H17N3O2S2. The number of hydrogen-bond acceptors (Lipinski definition) is 5. The molecule has 3 aromatic heterocycles. The van der Waals surface area contributed by atoms with Crippen LogP contribution in [0.2, 0.25) is 0 Å². The Kier molecular flexibility index (Phi) is 3.21. The van der Waals surface area contributed by atoms with Gasteiger partial charge >= 0.3 is 0 Å². The number of fused-ring (bicyclic) bond motifs is 4. The van der Waals surface area contributed by atoms with Gasteiger partial charge in [0.15, 0.2) is 4.96 Å². The Hall–Kier alpha value is -1.44. The first-order chi connectivity index (χ1) is 11.3. The third-order valence-corrected chi connectivity index (χ3v) is 6.71. The van der Waals surface area contributed by atoms with Crippen molar-refractivity contribution in [3.63, 3.8) is 0 Å². The first-order valence-corrected chi connectivity index (χ1v) is 9.78. The molecule has 23 heavy (non-hydrogen) atoms. The van der Waals surface area contributed by atoms with Gasteiger partial charge in [0, 0.05) is 18.1 Å². The van der Waals surface area contributed by atoms with Crippen molar-refractivity contribution in [1.82, 2.24) is 14.3 Å². The number of amides is 1. The molecular weight excluding hydrogens is 330 g/mol. The molecule has 4 heterocycles. The summed E-state index contributed by atoms with van der Waals surface area (Å²) in [7, 11) is 0. The van der Waals surface area contributed by atoms with E-state index >= 15 is 0 Å². The largest absolute Gasteiger partial charge is 0.374 e. The second kappa shape index (κ2) is 5.29. The summed E-state index contributed by atoms with van der Waals surface area (Å²) < 4.78 is 7.95. The van der Waals surface area contributed by atoms with E-state index in [1.807, 2.05) is 22.5 Å². The molecule has 2 aliphatic rings. The molecule has 2 atom stereocenters. The number of imidazole rings is 1. The fourth-order valence-electron chi connectivity index (χ4n) is 3.84. The summed E-state index contributed by atoms with van der Waals surface area (Å²) >= 11 is 3.13. The average Bonchev–Trinajstić information content (AvgIpc) is 3.25. The molecule has 0 spiro atoms. The van der Waals surface area contributed by atoms with E-state index in [4.69, 9.17) is 4.74 Å². The number of carbonyl (C=O) groups is 1. The number of nitrogens with zero attached hydrogens (tertiary/aromatic N) is 3. The normalized spacial score (nSPS) is 25.1. The van der Waals surface area contributed by atoms with Crippen molar-refractivity contribution in [2.45, 2.75) is 37.8 Å². The van der Waals surface area contributed by atoms with Gasteiger partial charge in [0.1, 0.15) is 4.83 Å². The van der Waals surface area contributed by atoms with E-state index in [2.05, 4.69) is 9.38 Å². The highest BCUT2D eigenvalue weighted by atomic mass is 32.1. The van der Waals surface area contributed by atoms with Crippen molar-refractivity contribution < 1.29 is 9.53 Å². The number of thiophene rings is 1. The third kappa shape index (κ3) is 2.14. The minimum atomic E-state index is 0.150. The molecule has 3 aromatic rings. The van der Waals surface area contributed by atoms with Crippen LogP contribution in [-0.4, -0.2) is 45.5 Å². The van der Waals surface area contributed by atoms with E-state index in [1.165, 1.54) is 24.2 Å². The van der Waals surface area contributed by atoms with E-state index in [-0.39, 0.29) is 18.1 Å². The molecule has 5 rings (SSSR count). The number of thiazole rings is 1. The highest BCUT2D eigenvalue weighted by molar-refractivity contribution is 7.21. The maximum atomic E-state index is 13.0. The number of hydrogen-bond donors (Lipinski definition) is 0. The summed E-state index contributed by atoms with van der Waals surface area (Å²) in [5, 5.41) is 2.02. The van der Waals surface area contributed by atoms with E-state index in [0.29, 0.717) is 13.2 Å². The van der Waals surface area contributed by atoms with Crippen LogP contribution in [0.5, 0.6) is 0 Å². The molecule has 0 aromatic carbocycles. The summed E-state index contributed by atoms with van der Waals surface area (Å²) in [5.74, 6) is 0.150. The highest BCUT2D eigenvalue weighted by Gasteiger charge is 2.37. The van der Waals surface area contributed by atoms with Gasteiger partial charge in [-0.3, -0.25) is 9.20 Å². The highest BCUT2D eigenvalue weighted by Crippen LogP contribution is 2.33. The van der Waals surface area contributed by atoms with Crippen LogP contribution in [0.1, 0.15) is 35.4 Å². The first-order valence-electron chi connectivity index (χ1n) is 8.09. The SMILES string of the molecule is O=C(c1cc2c(nc3sccn32)s1)N1CCO[C@H]2CCCC[C@@H]21. The first kappa shape index (κ1) is 13.9. The molecule has 0 radical (unpaired) electrons. The van der Waals surface area contributed by atoms with Crippen LogP contribution in [0.4, 0.5) is 0 Å². The van der Waals surface area contributed by atoms with Crippen molar-refractivity contribution in [3.05, 3.63) is 22.5 Å². The van der Waals surface area contributed by atoms with Gasteiger partial charge in [0.25, 0.3) is 5.91 Å². The van der Waals surface area contributed by atoms with Gasteiger partial charge in [0.05, 0.1) is 29.1 Å². The van der Waals surface area contributed by atoms with Crippen LogP contribution in [0.15, 0.2) is 17.6 Å². The summed E-state index contributed by atoms with van der Waals surface area (Å²) in [4.78, 5) is 22.4. The fraction of sp³-hybridized carbons (Fsp3) is 0.500. The molecule has 0 N–H and O–H groups in total. The number of rotatable bonds is 1. The lowest BCUT2D eigenvalue weighted by atomic mass is 9.90. The van der Waals surface area contributed by atoms with Crippen LogP contribution in [-0.2, 0) is 4.74 Å². The lowest BCUT2D eigenvalue weighted by molar-refractivity contribution is -0.0751. The molecule has 0 unspecified atom stereocenters. The summed E-state index contributed by atoms with van der Waals surface area (Å²) in [6.07, 6.45) is 6.80. The molecule has 1 aliphatic carbocycles. The van der Waals surface area contributed by atoms with Crippen LogP contribution in [0.25, 0.3) is 15.3 Å². The zero-order valence-electron chi connectivity index (χ0n) is 12.6. The van der Waals surface area contributed by atoms with Crippen LogP contribution in [0.3, 0.4) is 0 Å². The van der Waals surface area contributed by atoms with E-state index in [9.17, 15) is 4.79 Å². The number of carbonyl (C=O) groups excluding carboxylic acids is 1. The maximum Gasteiger partial charge on any atom is 0.264 e. The minimum absolute atomic E-state index is 0.150. The van der Waals surface area contributed by atoms with Gasteiger partial charge in [-0.05, 0) is 18.9 Å². The lowest BCUT2D eigenvalue weighted by Gasteiger charge is -2.43. The Balaban J connectivity index is 1.50. The standard InChI is InChI=1S/C16H17N3O2S2/c20-15(18-5-7-21-12-4-2-1-3-10(12)18)13-9-11-14(23-13)17-16-19(11)6-8-22-16/h6,8-10,12H,1-5,7H2/t10-,12-/m0/s1. The lowest BCUT2D eigenvalue weighted by Crippen LogP contribution is -2.54. The van der Waals surface area contributed by atoms with E-state index < -0.39 is 0 Å². The average molecular weight is 347 g/mol. The number of aromatic nitrogens is 2. The van der Waals surface area contributed by atoms with Crippen molar-refractivity contribution in [1.29, 1.82) is 0 Å². The zero-order valence-corrected chi connectivity index (χ0v) is 14.2. The van der Waals surface area contributed by atoms with Gasteiger partial charge in [-0.1, -0.05) is 12.8 Å². The van der Waals surface area contributed by atoms with E-state index in [0.717, 1.165) is 33.0 Å². The third-order valence-electron chi connectivity index (χ3n) is 4.94. The molecule has 5 nitrogen and oxygen atoms in total. The molecule has 1 aliphatic heterocycles. The molecule has 0 bridgehead atoms. The fourth-order valence-corrected chi connectivity index (χ4v) is 5.60. The molecule has 120 valence electrons. The predicted molar refractivity (Wildman–Crippen MR) is 91.5 cm³/mol. The number of morpholine rings is 1. The quantitative estimate of drug-likeness (QED) is 0.678. The molecule has 7 heteroatoms. The topological polar surface area (TPSA) is 46.8 Å². The summed E-state index contributed by atoms with van der Waals surface area (Å²) in [6.45, 7) is 1.36. The Morgan fingerprint density at radius 1 is 1.35 bits per heavy atom. The number of ether oxygens (including phenoxy) is 1. The maximum absolute atomic E-state index is 13.0. The summed E-state index contributed by atoms with van der Waals surface area (Å²) in [5.41, 5.74) is 1.04. The molecule has 1 amide bonds. The molecule has 1 saturated heterocycles. The smallest absolute Gasteiger partial charge is 0.264 e. The Bertz CT molecular complexity index is 878. The van der Waals surface area contributed by atoms with E-state index in [1.54, 1.807) is 11.3 Å². The summed E-state index contributed by atoms with van der Waals surface area (Å²) in [6, 6.07) is 2.26. The predicted octanol–water partition coefficient (Wildman–Crippen LogP) is 3.39. The van der Waals surface area contributed by atoms with Crippen LogP contribution < -0.4 is 0 Å². The van der Waals surface area contributed by atoms with Gasteiger partial charge < -0.3 is 9.64 Å². The van der Waals surface area contributed by atoms with Gasteiger partial charge in [0.2, 0.25) is 0 Å². The van der Waals surface area contributed by atoms with Crippen LogP contribution >= 0.6 is 22.7 Å². The van der Waals surface area contributed by atoms with Gasteiger partial charge in [-0.2, -0.15) is 0 Å². The Morgan fingerprint density at radius 3 is 3.22 bits per heavy atom.